The van der Waals surface area contributed by atoms with Gasteiger partial charge in [0.25, 0.3) is 10.0 Å². The third kappa shape index (κ3) is 3.82. The fourth-order valence-electron chi connectivity index (χ4n) is 2.22. The first-order chi connectivity index (χ1) is 11.8. The molecule has 1 N–H and O–H groups in total. The summed E-state index contributed by atoms with van der Waals surface area (Å²) < 4.78 is 55.3. The summed E-state index contributed by atoms with van der Waals surface area (Å²) in [5, 5.41) is 7.55. The van der Waals surface area contributed by atoms with E-state index in [4.69, 9.17) is 0 Å². The number of anilines is 1. The Kier molecular flexibility index (Phi) is 4.49. The summed E-state index contributed by atoms with van der Waals surface area (Å²) in [4.78, 5) is -0.649. The van der Waals surface area contributed by atoms with Gasteiger partial charge in [-0.15, -0.1) is 5.10 Å². The van der Waals surface area contributed by atoms with E-state index in [2.05, 4.69) is 15.0 Å². The van der Waals surface area contributed by atoms with Crippen molar-refractivity contribution in [3.05, 3.63) is 71.4 Å². The summed E-state index contributed by atoms with van der Waals surface area (Å²) in [6, 6.07) is 10.9. The van der Waals surface area contributed by atoms with Gasteiger partial charge in [0, 0.05) is 6.07 Å². The van der Waals surface area contributed by atoms with Crippen molar-refractivity contribution >= 4 is 15.8 Å². The molecule has 0 bridgehead atoms. The van der Waals surface area contributed by atoms with Crippen molar-refractivity contribution in [3.8, 4) is 0 Å². The number of nitrogens with zero attached hydrogens (tertiary/aromatic N) is 3. The van der Waals surface area contributed by atoms with Gasteiger partial charge in [-0.3, -0.25) is 4.72 Å². The number of sulfonamides is 1. The molecule has 0 aliphatic heterocycles. The lowest BCUT2D eigenvalue weighted by molar-refractivity contribution is 0.547. The molecule has 1 heterocycles. The third-order valence-corrected chi connectivity index (χ3v) is 4.84. The van der Waals surface area contributed by atoms with E-state index in [1.54, 1.807) is 0 Å². The Morgan fingerprint density at radius 3 is 2.56 bits per heavy atom. The van der Waals surface area contributed by atoms with Crippen molar-refractivity contribution < 1.29 is 17.2 Å². The van der Waals surface area contributed by atoms with Crippen LogP contribution in [0, 0.1) is 18.6 Å². The van der Waals surface area contributed by atoms with Gasteiger partial charge >= 0.3 is 0 Å². The van der Waals surface area contributed by atoms with Crippen LogP contribution in [-0.2, 0) is 16.6 Å². The second-order valence-electron chi connectivity index (χ2n) is 5.42. The van der Waals surface area contributed by atoms with Crippen LogP contribution in [0.15, 0.2) is 53.6 Å². The highest BCUT2D eigenvalue weighted by atomic mass is 32.2. The van der Waals surface area contributed by atoms with E-state index in [-0.39, 0.29) is 11.4 Å². The quantitative estimate of drug-likeness (QED) is 0.755. The average molecular weight is 364 g/mol. The van der Waals surface area contributed by atoms with Gasteiger partial charge in [-0.25, -0.2) is 21.9 Å². The van der Waals surface area contributed by atoms with Crippen LogP contribution in [0.2, 0.25) is 0 Å². The van der Waals surface area contributed by atoms with Crippen LogP contribution in [0.25, 0.3) is 0 Å². The molecule has 6 nitrogen and oxygen atoms in total. The first-order valence-corrected chi connectivity index (χ1v) is 8.76. The standard InChI is InChI=1S/C16H14F2N4O2S/c1-11-7-15(14(18)8-13(11)17)25(23,24)20-16-10-22(21-19-16)9-12-5-3-2-4-6-12/h2-8,10,20H,9H2,1H3. The fraction of sp³-hybridized carbons (Fsp3) is 0.125. The number of benzene rings is 2. The highest BCUT2D eigenvalue weighted by Crippen LogP contribution is 2.21. The zero-order valence-corrected chi connectivity index (χ0v) is 14.0. The van der Waals surface area contributed by atoms with E-state index in [1.165, 1.54) is 17.8 Å². The molecule has 0 unspecified atom stereocenters. The first kappa shape index (κ1) is 17.0. The van der Waals surface area contributed by atoms with Crippen LogP contribution in [-0.4, -0.2) is 23.4 Å². The molecule has 0 saturated carbocycles. The van der Waals surface area contributed by atoms with Crippen molar-refractivity contribution in [3.63, 3.8) is 0 Å². The van der Waals surface area contributed by atoms with Crippen molar-refractivity contribution in [2.75, 3.05) is 4.72 Å². The van der Waals surface area contributed by atoms with Gasteiger partial charge in [-0.2, -0.15) is 0 Å². The SMILES string of the molecule is Cc1cc(S(=O)(=O)Nc2cn(Cc3ccccc3)nn2)c(F)cc1F. The maximum absolute atomic E-state index is 13.8. The highest BCUT2D eigenvalue weighted by molar-refractivity contribution is 7.92. The van der Waals surface area contributed by atoms with E-state index in [0.29, 0.717) is 12.6 Å². The van der Waals surface area contributed by atoms with Crippen molar-refractivity contribution in [1.82, 2.24) is 15.0 Å². The monoisotopic (exact) mass is 364 g/mol. The number of halogens is 2. The van der Waals surface area contributed by atoms with Crippen LogP contribution in [0.4, 0.5) is 14.6 Å². The van der Waals surface area contributed by atoms with E-state index in [1.807, 2.05) is 30.3 Å². The molecule has 0 saturated heterocycles. The molecule has 0 aliphatic carbocycles. The van der Waals surface area contributed by atoms with Crippen molar-refractivity contribution in [2.45, 2.75) is 18.4 Å². The zero-order chi connectivity index (χ0) is 18.0. The Bertz CT molecular complexity index is 1000. The fourth-order valence-corrected chi connectivity index (χ4v) is 3.35. The Morgan fingerprint density at radius 2 is 1.84 bits per heavy atom. The topological polar surface area (TPSA) is 76.9 Å². The molecule has 0 aliphatic rings. The maximum atomic E-state index is 13.8. The summed E-state index contributed by atoms with van der Waals surface area (Å²) >= 11 is 0. The normalized spacial score (nSPS) is 11.5. The molecular weight excluding hydrogens is 350 g/mol. The van der Waals surface area contributed by atoms with Crippen molar-refractivity contribution in [2.24, 2.45) is 0 Å². The number of aromatic nitrogens is 3. The molecule has 1 aromatic heterocycles. The van der Waals surface area contributed by atoms with E-state index in [0.717, 1.165) is 11.6 Å². The van der Waals surface area contributed by atoms with Gasteiger partial charge in [0.15, 0.2) is 5.82 Å². The number of hydrogen-bond donors (Lipinski definition) is 1. The van der Waals surface area contributed by atoms with E-state index in [9.17, 15) is 17.2 Å². The predicted molar refractivity (Wildman–Crippen MR) is 87.5 cm³/mol. The number of nitrogens with one attached hydrogen (secondary N) is 1. The Labute approximate surface area is 143 Å². The van der Waals surface area contributed by atoms with Gasteiger partial charge in [0.2, 0.25) is 0 Å². The molecule has 130 valence electrons. The smallest absolute Gasteiger partial charge is 0.260 e. The minimum absolute atomic E-state index is 0.0227. The number of aryl methyl sites for hydroxylation is 1. The van der Waals surface area contributed by atoms with Crippen molar-refractivity contribution in [1.29, 1.82) is 0 Å². The Morgan fingerprint density at radius 1 is 1.12 bits per heavy atom. The summed E-state index contributed by atoms with van der Waals surface area (Å²) in [6.07, 6.45) is 1.39. The van der Waals surface area contributed by atoms with Gasteiger partial charge in [-0.05, 0) is 24.1 Å². The number of rotatable bonds is 5. The largest absolute Gasteiger partial charge is 0.266 e. The van der Waals surface area contributed by atoms with Crippen LogP contribution in [0.1, 0.15) is 11.1 Å². The molecular formula is C16H14F2N4O2S. The molecule has 0 atom stereocenters. The van der Waals surface area contributed by atoms with Crippen LogP contribution in [0.3, 0.4) is 0 Å². The molecule has 0 radical (unpaired) electrons. The Balaban J connectivity index is 1.81. The van der Waals surface area contributed by atoms with Crippen LogP contribution >= 0.6 is 0 Å². The summed E-state index contributed by atoms with van der Waals surface area (Å²) in [7, 11) is -4.25. The van der Waals surface area contributed by atoms with Gasteiger partial charge in [-0.1, -0.05) is 35.5 Å². The first-order valence-electron chi connectivity index (χ1n) is 7.28. The predicted octanol–water partition coefficient (Wildman–Crippen LogP) is 2.71. The van der Waals surface area contributed by atoms with Crippen LogP contribution in [0.5, 0.6) is 0 Å². The molecule has 2 aromatic carbocycles. The second-order valence-corrected chi connectivity index (χ2v) is 7.08. The second kappa shape index (κ2) is 6.60. The minimum Gasteiger partial charge on any atom is -0.260 e. The van der Waals surface area contributed by atoms with E-state index >= 15 is 0 Å². The number of hydrogen-bond acceptors (Lipinski definition) is 4. The summed E-state index contributed by atoms with van der Waals surface area (Å²) in [5.41, 5.74) is 0.983. The zero-order valence-electron chi connectivity index (χ0n) is 13.1. The molecule has 0 amide bonds. The molecule has 3 aromatic rings. The lowest BCUT2D eigenvalue weighted by atomic mass is 10.2. The summed E-state index contributed by atoms with van der Waals surface area (Å²) in [5.74, 6) is -2.05. The lowest BCUT2D eigenvalue weighted by Crippen LogP contribution is -2.15. The molecule has 0 spiro atoms. The average Bonchev–Trinajstić information content (AvgIpc) is 2.98. The molecule has 3 rings (SSSR count). The van der Waals surface area contributed by atoms with E-state index < -0.39 is 26.6 Å². The van der Waals surface area contributed by atoms with Crippen LogP contribution < -0.4 is 4.72 Å². The Hall–Kier alpha value is -2.81. The summed E-state index contributed by atoms with van der Waals surface area (Å²) in [6.45, 7) is 1.75. The van der Waals surface area contributed by atoms with Gasteiger partial charge < -0.3 is 0 Å². The molecule has 0 fully saturated rings. The lowest BCUT2D eigenvalue weighted by Gasteiger charge is -2.07. The highest BCUT2D eigenvalue weighted by Gasteiger charge is 2.22. The third-order valence-electron chi connectivity index (χ3n) is 3.47. The van der Waals surface area contributed by atoms with Gasteiger partial charge in [0.1, 0.15) is 16.5 Å². The minimum atomic E-state index is -4.25. The maximum Gasteiger partial charge on any atom is 0.266 e. The molecule has 25 heavy (non-hydrogen) atoms. The van der Waals surface area contributed by atoms with Gasteiger partial charge in [0.05, 0.1) is 12.7 Å². The molecule has 9 heteroatoms.